The van der Waals surface area contributed by atoms with Crippen molar-refractivity contribution in [3.05, 3.63) is 48.0 Å². The largest absolute Gasteiger partial charge is 0.480 e. The number of hydrogen-bond acceptors (Lipinski definition) is 7. The summed E-state index contributed by atoms with van der Waals surface area (Å²) in [5.41, 5.74) is 2.37. The first-order chi connectivity index (χ1) is 23.5. The van der Waals surface area contributed by atoms with Crippen molar-refractivity contribution >= 4 is 51.3 Å². The maximum Gasteiger partial charge on any atom is 0.322 e. The van der Waals surface area contributed by atoms with Gasteiger partial charge in [0.2, 0.25) is 17.7 Å². The second kappa shape index (κ2) is 16.0. The molecule has 13 heteroatoms. The van der Waals surface area contributed by atoms with Crippen molar-refractivity contribution in [3.63, 3.8) is 0 Å². The second-order valence-corrected chi connectivity index (χ2v) is 13.1. The highest BCUT2D eigenvalue weighted by Gasteiger charge is 2.23. The number of benzene rings is 2. The number of rotatable bonds is 13. The molecule has 1 fully saturated rings. The van der Waals surface area contributed by atoms with Crippen LogP contribution in [0.5, 0.6) is 0 Å². The Labute approximate surface area is 283 Å². The van der Waals surface area contributed by atoms with E-state index in [1.807, 2.05) is 13.8 Å². The number of aromatic nitrogens is 4. The van der Waals surface area contributed by atoms with E-state index in [0.717, 1.165) is 25.7 Å². The van der Waals surface area contributed by atoms with Crippen LogP contribution in [-0.4, -0.2) is 67.2 Å². The Kier molecular flexibility index (Phi) is 11.5. The minimum atomic E-state index is -1.20. The number of carboxylic acids is 1. The number of amides is 2. The molecule has 5 rings (SSSR count). The molecule has 49 heavy (non-hydrogen) atoms. The van der Waals surface area contributed by atoms with Crippen LogP contribution in [0.4, 0.5) is 4.39 Å². The number of Topliss-reactive ketones (excluding diaryl/α,β-unsaturated/α-hetero) is 1. The smallest absolute Gasteiger partial charge is 0.322 e. The van der Waals surface area contributed by atoms with Crippen LogP contribution in [0.2, 0.25) is 0 Å². The van der Waals surface area contributed by atoms with Gasteiger partial charge < -0.3 is 15.7 Å². The third kappa shape index (κ3) is 8.76. The summed E-state index contributed by atoms with van der Waals surface area (Å²) in [7, 11) is 0. The lowest BCUT2D eigenvalue weighted by molar-refractivity contribution is -0.137. The van der Waals surface area contributed by atoms with Gasteiger partial charge in [-0.05, 0) is 35.6 Å². The predicted molar refractivity (Wildman–Crippen MR) is 181 cm³/mol. The van der Waals surface area contributed by atoms with Crippen molar-refractivity contribution in [2.75, 3.05) is 13.1 Å². The van der Waals surface area contributed by atoms with Gasteiger partial charge in [0.25, 0.3) is 0 Å². The lowest BCUT2D eigenvalue weighted by atomic mass is 9.87. The van der Waals surface area contributed by atoms with Gasteiger partial charge in [0.1, 0.15) is 24.7 Å². The molecule has 1 aliphatic carbocycles. The van der Waals surface area contributed by atoms with Gasteiger partial charge in [-0.25, -0.2) is 9.07 Å². The first-order valence-electron chi connectivity index (χ1n) is 17.0. The van der Waals surface area contributed by atoms with Gasteiger partial charge in [0.15, 0.2) is 0 Å². The molecule has 0 unspecified atom stereocenters. The molecule has 0 aliphatic heterocycles. The van der Waals surface area contributed by atoms with E-state index in [2.05, 4.69) is 20.8 Å². The van der Waals surface area contributed by atoms with E-state index >= 15 is 4.39 Å². The Morgan fingerprint density at radius 2 is 1.63 bits per heavy atom. The average molecular weight is 675 g/mol. The minimum absolute atomic E-state index is 0.0121. The number of halogens is 1. The van der Waals surface area contributed by atoms with Crippen LogP contribution < -0.4 is 10.6 Å². The van der Waals surface area contributed by atoms with Gasteiger partial charge in [-0.3, -0.25) is 28.7 Å². The third-order valence-corrected chi connectivity index (χ3v) is 9.07. The van der Waals surface area contributed by atoms with Crippen molar-refractivity contribution in [3.8, 4) is 11.1 Å². The molecule has 260 valence electrons. The number of carboxylic acid groups (broad SMARTS) is 1. The number of aliphatic carboxylic acids is 1. The van der Waals surface area contributed by atoms with Gasteiger partial charge in [-0.2, -0.15) is 10.2 Å². The van der Waals surface area contributed by atoms with Crippen molar-refractivity contribution in [2.45, 2.75) is 90.5 Å². The number of nitrogens with zero attached hydrogens (tertiary/aromatic N) is 4. The highest BCUT2D eigenvalue weighted by atomic mass is 19.1. The van der Waals surface area contributed by atoms with E-state index in [9.17, 15) is 24.0 Å². The zero-order chi connectivity index (χ0) is 35.1. The normalized spacial score (nSPS) is 14.1. The number of fused-ring (bicyclic) bond motifs is 2. The molecule has 2 heterocycles. The van der Waals surface area contributed by atoms with Crippen molar-refractivity contribution < 1.29 is 33.5 Å². The Hall–Kier alpha value is -4.94. The maximum atomic E-state index is 15.8. The fourth-order valence-corrected chi connectivity index (χ4v) is 6.59. The summed E-state index contributed by atoms with van der Waals surface area (Å²) in [6.07, 6.45) is 10.2. The average Bonchev–Trinajstić information content (AvgIpc) is 3.64. The summed E-state index contributed by atoms with van der Waals surface area (Å²) < 4.78 is 18.5. The lowest BCUT2D eigenvalue weighted by Gasteiger charge is -2.18. The highest BCUT2D eigenvalue weighted by molar-refractivity contribution is 6.01. The molecule has 0 radical (unpaired) electrons. The van der Waals surface area contributed by atoms with Gasteiger partial charge in [-0.15, -0.1) is 0 Å². The molecule has 2 aromatic heterocycles. The Morgan fingerprint density at radius 1 is 0.918 bits per heavy atom. The van der Waals surface area contributed by atoms with Crippen LogP contribution in [0.1, 0.15) is 94.5 Å². The predicted octanol–water partition coefficient (Wildman–Crippen LogP) is 5.37. The molecule has 1 saturated carbocycles. The number of ketones is 1. The Bertz CT molecular complexity index is 1870. The molecule has 0 spiro atoms. The monoisotopic (exact) mass is 674 g/mol. The number of carbonyl (C=O) groups excluding carboxylic acids is 4. The molecule has 0 bridgehead atoms. The van der Waals surface area contributed by atoms with Gasteiger partial charge in [-0.1, -0.05) is 70.9 Å². The number of carbonyl (C=O) groups is 5. The van der Waals surface area contributed by atoms with E-state index in [1.54, 1.807) is 24.3 Å². The van der Waals surface area contributed by atoms with Crippen molar-refractivity contribution in [2.24, 2.45) is 5.92 Å². The fraction of sp³-hybridized carbons (Fsp3) is 0.472. The summed E-state index contributed by atoms with van der Waals surface area (Å²) in [5, 5.41) is 23.4. The van der Waals surface area contributed by atoms with E-state index < -0.39 is 36.7 Å². The number of nitrogens with one attached hydrogen (secondary N) is 2. The van der Waals surface area contributed by atoms with Crippen LogP contribution in [-0.2, 0) is 25.7 Å². The lowest BCUT2D eigenvalue weighted by Crippen LogP contribution is -2.40. The zero-order valence-corrected chi connectivity index (χ0v) is 28.0. The van der Waals surface area contributed by atoms with Gasteiger partial charge in [0.05, 0.1) is 29.5 Å². The maximum absolute atomic E-state index is 15.8. The van der Waals surface area contributed by atoms with E-state index in [-0.39, 0.29) is 42.6 Å². The van der Waals surface area contributed by atoms with E-state index in [0.29, 0.717) is 45.4 Å². The SMILES string of the molecule is CC(C)c1nn(CC(=O)NCC(=O)NCC(=O)O)c2cccc(-c3cc4c(cnn4C(=O)CCC(=O)CC4CCCCCCC4)cc3F)c12. The van der Waals surface area contributed by atoms with Crippen molar-refractivity contribution in [1.82, 2.24) is 30.2 Å². The van der Waals surface area contributed by atoms with Crippen LogP contribution in [0, 0.1) is 11.7 Å². The molecule has 12 nitrogen and oxygen atoms in total. The summed E-state index contributed by atoms with van der Waals surface area (Å²) >= 11 is 0. The topological polar surface area (TPSA) is 165 Å². The first kappa shape index (κ1) is 35.4. The number of hydrogen-bond donors (Lipinski definition) is 3. The molecule has 1 aliphatic rings. The first-order valence-corrected chi connectivity index (χ1v) is 17.0. The molecule has 2 amide bonds. The van der Waals surface area contributed by atoms with Crippen LogP contribution in [0.25, 0.3) is 32.9 Å². The molecule has 2 aromatic carbocycles. The molecular weight excluding hydrogens is 631 g/mol. The molecule has 0 saturated heterocycles. The standard InChI is InChI=1S/C36H43FN6O6/c1-22(2)36-35-26(11-8-12-29(35)42(41-36)21-32(46)38-19-31(45)39-20-34(48)49)27-17-30-24(16-28(27)37)18-40-43(30)33(47)14-13-25(44)15-23-9-6-4-3-5-7-10-23/h8,11-12,16-18,22-23H,3-7,9-10,13-15,19-21H2,1-2H3,(H,38,46)(H,39,45)(H,48,49). The van der Waals surface area contributed by atoms with Crippen LogP contribution in [0.3, 0.4) is 0 Å². The molecule has 0 atom stereocenters. The second-order valence-electron chi connectivity index (χ2n) is 13.1. The van der Waals surface area contributed by atoms with Gasteiger partial charge in [0, 0.05) is 35.6 Å². The molecule has 3 N–H and O–H groups in total. The van der Waals surface area contributed by atoms with E-state index in [1.165, 1.54) is 40.9 Å². The third-order valence-electron chi connectivity index (χ3n) is 9.07. The van der Waals surface area contributed by atoms with Crippen molar-refractivity contribution in [1.29, 1.82) is 0 Å². The Morgan fingerprint density at radius 3 is 2.35 bits per heavy atom. The summed E-state index contributed by atoms with van der Waals surface area (Å²) in [6.45, 7) is 2.67. The van der Waals surface area contributed by atoms with E-state index in [4.69, 9.17) is 5.11 Å². The highest BCUT2D eigenvalue weighted by Crippen LogP contribution is 2.37. The summed E-state index contributed by atoms with van der Waals surface area (Å²) in [4.78, 5) is 61.4. The van der Waals surface area contributed by atoms with Gasteiger partial charge >= 0.3 is 5.97 Å². The van der Waals surface area contributed by atoms with Crippen LogP contribution in [0.15, 0.2) is 36.5 Å². The minimum Gasteiger partial charge on any atom is -0.480 e. The molecule has 4 aromatic rings. The summed E-state index contributed by atoms with van der Waals surface area (Å²) in [6, 6.07) is 8.17. The van der Waals surface area contributed by atoms with Crippen LogP contribution >= 0.6 is 0 Å². The zero-order valence-electron chi connectivity index (χ0n) is 28.0. The fourth-order valence-electron chi connectivity index (χ4n) is 6.59. The quantitative estimate of drug-likeness (QED) is 0.170. The summed E-state index contributed by atoms with van der Waals surface area (Å²) in [5.74, 6) is -2.86. The molecular formula is C36H43FN6O6. The Balaban J connectivity index is 1.36.